The van der Waals surface area contributed by atoms with Crippen LogP contribution in [0.5, 0.6) is 0 Å². The van der Waals surface area contributed by atoms with E-state index in [4.69, 9.17) is 0 Å². The number of rotatable bonds is 4. The van der Waals surface area contributed by atoms with Crippen molar-refractivity contribution in [2.75, 3.05) is 0 Å². The fraction of sp³-hybridized carbons (Fsp3) is 0.0769. The molecule has 0 fully saturated rings. The molecule has 142 valence electrons. The molecule has 0 spiro atoms. The summed E-state index contributed by atoms with van der Waals surface area (Å²) < 4.78 is 15.0. The lowest BCUT2D eigenvalue weighted by molar-refractivity contribution is 0.171. The van der Waals surface area contributed by atoms with Crippen molar-refractivity contribution in [1.29, 1.82) is 0 Å². The van der Waals surface area contributed by atoms with E-state index in [1.807, 2.05) is 109 Å². The molecule has 0 bridgehead atoms. The molecular weight excluding hydrogens is 375 g/mol. The highest BCUT2D eigenvalue weighted by atomic mass is 31.2. The Labute approximate surface area is 170 Å². The lowest BCUT2D eigenvalue weighted by Crippen LogP contribution is -2.22. The van der Waals surface area contributed by atoms with Crippen LogP contribution >= 0.6 is 7.14 Å². The second-order valence-corrected chi connectivity index (χ2v) is 10.2. The van der Waals surface area contributed by atoms with E-state index >= 15 is 4.57 Å². The van der Waals surface area contributed by atoms with Gasteiger partial charge in [0.2, 0.25) is 0 Å². The van der Waals surface area contributed by atoms with Gasteiger partial charge in [0, 0.05) is 10.6 Å². The van der Waals surface area contributed by atoms with Crippen LogP contribution in [0.1, 0.15) is 22.9 Å². The van der Waals surface area contributed by atoms with Crippen molar-refractivity contribution >= 4 is 17.8 Å². The number of hydrogen-bond donors (Lipinski definition) is 1. The molecule has 1 aliphatic rings. The minimum Gasteiger partial charge on any atom is -0.387 e. The third kappa shape index (κ3) is 2.80. The second-order valence-electron chi connectivity index (χ2n) is 7.40. The van der Waals surface area contributed by atoms with Crippen molar-refractivity contribution in [2.24, 2.45) is 0 Å². The average Bonchev–Trinajstić information content (AvgIpc) is 3.05. The first-order chi connectivity index (χ1) is 14.2. The van der Waals surface area contributed by atoms with E-state index in [0.717, 1.165) is 32.9 Å². The molecular formula is C26H21O2P. The summed E-state index contributed by atoms with van der Waals surface area (Å²) in [6, 6.07) is 35.2. The fourth-order valence-electron chi connectivity index (χ4n) is 4.49. The number of fused-ring (bicyclic) bond motifs is 3. The van der Waals surface area contributed by atoms with Crippen LogP contribution in [0.3, 0.4) is 0 Å². The predicted octanol–water partition coefficient (Wildman–Crippen LogP) is 5.46. The van der Waals surface area contributed by atoms with E-state index in [0.29, 0.717) is 0 Å². The molecule has 0 radical (unpaired) electrons. The zero-order valence-corrected chi connectivity index (χ0v) is 16.7. The lowest BCUT2D eigenvalue weighted by atomic mass is 10.0. The second kappa shape index (κ2) is 7.15. The van der Waals surface area contributed by atoms with Crippen LogP contribution in [-0.2, 0) is 4.57 Å². The maximum Gasteiger partial charge on any atom is 0.154 e. The zero-order chi connectivity index (χ0) is 19.8. The molecule has 0 unspecified atom stereocenters. The van der Waals surface area contributed by atoms with Gasteiger partial charge in [-0.2, -0.15) is 0 Å². The Morgan fingerprint density at radius 2 is 0.966 bits per heavy atom. The third-order valence-corrected chi connectivity index (χ3v) is 9.36. The Morgan fingerprint density at radius 3 is 1.48 bits per heavy atom. The van der Waals surface area contributed by atoms with Crippen LogP contribution in [0.25, 0.3) is 11.1 Å². The molecule has 1 heterocycles. The van der Waals surface area contributed by atoms with E-state index in [-0.39, 0.29) is 0 Å². The van der Waals surface area contributed by atoms with Crippen LogP contribution < -0.4 is 10.6 Å². The van der Waals surface area contributed by atoms with Gasteiger partial charge in [0.1, 0.15) is 0 Å². The normalized spacial score (nSPS) is 15.9. The summed E-state index contributed by atoms with van der Waals surface area (Å²) in [6.45, 7) is 0. The minimum absolute atomic E-state index is 0.559. The molecule has 4 aromatic carbocycles. The van der Waals surface area contributed by atoms with Crippen molar-refractivity contribution in [3.05, 3.63) is 120 Å². The summed E-state index contributed by atoms with van der Waals surface area (Å²) >= 11 is 0. The first-order valence-corrected chi connectivity index (χ1v) is 11.6. The molecule has 2 nitrogen and oxygen atoms in total. The van der Waals surface area contributed by atoms with E-state index in [2.05, 4.69) is 0 Å². The lowest BCUT2D eigenvalue weighted by Gasteiger charge is -2.31. The van der Waals surface area contributed by atoms with Crippen LogP contribution in [0.2, 0.25) is 0 Å². The molecule has 0 aromatic heterocycles. The Balaban J connectivity index is 1.80. The highest BCUT2D eigenvalue weighted by Gasteiger charge is 2.48. The summed E-state index contributed by atoms with van der Waals surface area (Å²) in [6.07, 6.45) is -0.886. The summed E-state index contributed by atoms with van der Waals surface area (Å²) in [5.74, 6) is 0. The maximum atomic E-state index is 15.0. The van der Waals surface area contributed by atoms with Gasteiger partial charge >= 0.3 is 0 Å². The molecule has 1 aliphatic heterocycles. The van der Waals surface area contributed by atoms with Gasteiger partial charge in [0.25, 0.3) is 0 Å². The van der Waals surface area contributed by atoms with E-state index < -0.39 is 18.9 Å². The smallest absolute Gasteiger partial charge is 0.154 e. The van der Waals surface area contributed by atoms with Crippen molar-refractivity contribution < 1.29 is 9.67 Å². The zero-order valence-electron chi connectivity index (χ0n) is 15.8. The maximum absolute atomic E-state index is 15.0. The molecule has 5 rings (SSSR count). The van der Waals surface area contributed by atoms with Gasteiger partial charge in [-0.05, 0) is 22.3 Å². The quantitative estimate of drug-likeness (QED) is 0.466. The third-order valence-electron chi connectivity index (χ3n) is 5.79. The first kappa shape index (κ1) is 18.1. The standard InChI is InChI=1S/C26H21O2P/c27-25(19-11-3-1-4-12-19)26(20-13-5-2-6-14-20)29(28)23-17-9-7-15-21(23)22-16-8-10-18-24(22)29/h1-18,25-27H/t25-,26+/m1/s1. The molecule has 1 N–H and O–H groups in total. The van der Waals surface area contributed by atoms with Gasteiger partial charge in [-0.25, -0.2) is 0 Å². The summed E-state index contributed by atoms with van der Waals surface area (Å²) in [5.41, 5.74) is 3.12. The summed E-state index contributed by atoms with van der Waals surface area (Å²) in [7, 11) is -3.15. The van der Waals surface area contributed by atoms with Crippen LogP contribution in [-0.4, -0.2) is 5.11 Å². The van der Waals surface area contributed by atoms with Crippen molar-refractivity contribution in [3.63, 3.8) is 0 Å². The minimum atomic E-state index is -3.15. The fourth-order valence-corrected chi connectivity index (χ4v) is 8.23. The average molecular weight is 396 g/mol. The van der Waals surface area contributed by atoms with Gasteiger partial charge in [-0.3, -0.25) is 0 Å². The Bertz CT molecular complexity index is 1150. The van der Waals surface area contributed by atoms with Crippen molar-refractivity contribution in [1.82, 2.24) is 0 Å². The summed E-state index contributed by atoms with van der Waals surface area (Å²) in [5, 5.41) is 13.2. The highest BCUT2D eigenvalue weighted by Crippen LogP contribution is 2.66. The molecule has 3 heteroatoms. The van der Waals surface area contributed by atoms with Gasteiger partial charge < -0.3 is 9.67 Å². The van der Waals surface area contributed by atoms with Gasteiger partial charge in [0.05, 0.1) is 11.8 Å². The van der Waals surface area contributed by atoms with Crippen molar-refractivity contribution in [3.8, 4) is 11.1 Å². The molecule has 0 amide bonds. The Morgan fingerprint density at radius 1 is 0.552 bits per heavy atom. The van der Waals surface area contributed by atoms with Crippen LogP contribution in [0, 0.1) is 0 Å². The van der Waals surface area contributed by atoms with Gasteiger partial charge in [-0.1, -0.05) is 109 Å². The Hall–Kier alpha value is -2.93. The molecule has 4 aromatic rings. The number of aliphatic hydroxyl groups excluding tert-OH is 1. The highest BCUT2D eigenvalue weighted by molar-refractivity contribution is 7.80. The number of aliphatic hydroxyl groups is 1. The first-order valence-electron chi connectivity index (χ1n) is 9.78. The molecule has 0 saturated heterocycles. The van der Waals surface area contributed by atoms with Gasteiger partial charge in [0.15, 0.2) is 7.14 Å². The van der Waals surface area contributed by atoms with Crippen LogP contribution in [0.4, 0.5) is 0 Å². The summed E-state index contributed by atoms with van der Waals surface area (Å²) in [4.78, 5) is 0. The van der Waals surface area contributed by atoms with E-state index in [1.54, 1.807) is 0 Å². The van der Waals surface area contributed by atoms with Crippen molar-refractivity contribution in [2.45, 2.75) is 11.8 Å². The molecule has 29 heavy (non-hydrogen) atoms. The molecule has 0 aliphatic carbocycles. The Kier molecular flexibility index (Phi) is 4.47. The SMILES string of the molecule is O=P1([C@@H](c2ccccc2)[C@H](O)c2ccccc2)c2ccccc2-c2ccccc21. The monoisotopic (exact) mass is 396 g/mol. The predicted molar refractivity (Wildman–Crippen MR) is 119 cm³/mol. The van der Waals surface area contributed by atoms with E-state index in [9.17, 15) is 5.11 Å². The topological polar surface area (TPSA) is 37.3 Å². The van der Waals surface area contributed by atoms with Gasteiger partial charge in [-0.15, -0.1) is 0 Å². The number of hydrogen-bond acceptors (Lipinski definition) is 2. The number of benzene rings is 4. The molecule has 0 saturated carbocycles. The van der Waals surface area contributed by atoms with E-state index in [1.165, 1.54) is 0 Å². The largest absolute Gasteiger partial charge is 0.387 e. The van der Waals surface area contributed by atoms with Crippen LogP contribution in [0.15, 0.2) is 109 Å². The molecule has 2 atom stereocenters.